The number of nitrogens with zero attached hydrogens (tertiary/aromatic N) is 2. The predicted molar refractivity (Wildman–Crippen MR) is 119 cm³/mol. The third-order valence-corrected chi connectivity index (χ3v) is 8.49. The molecule has 2 aliphatic heterocycles. The molecule has 30 heavy (non-hydrogen) atoms. The monoisotopic (exact) mass is 408 g/mol. The number of hydrogen-bond acceptors (Lipinski definition) is 4. The zero-order chi connectivity index (χ0) is 20.7. The molecule has 0 amide bonds. The number of hydrogen-bond donors (Lipinski definition) is 0. The maximum absolute atomic E-state index is 12.8. The molecule has 4 nitrogen and oxygen atoms in total. The molecular weight excluding hydrogens is 372 g/mol. The van der Waals surface area contributed by atoms with E-state index in [9.17, 15) is 4.79 Å². The van der Waals surface area contributed by atoms with E-state index in [2.05, 4.69) is 53.6 Å². The minimum Gasteiger partial charge on any atom is -0.462 e. The second kappa shape index (κ2) is 8.12. The number of esters is 1. The number of carbonyl (C=O) groups excluding carboxylic acids is 1. The first-order valence-electron chi connectivity index (χ1n) is 11.9. The van der Waals surface area contributed by atoms with Crippen LogP contribution in [-0.4, -0.2) is 54.6 Å². The summed E-state index contributed by atoms with van der Waals surface area (Å²) >= 11 is 0. The Hall–Kier alpha value is -1.65. The van der Waals surface area contributed by atoms with Gasteiger partial charge in [-0.2, -0.15) is 0 Å². The molecule has 4 heteroatoms. The third kappa shape index (κ3) is 3.85. The maximum atomic E-state index is 12.8. The van der Waals surface area contributed by atoms with E-state index in [1.807, 2.05) is 0 Å². The molecule has 2 saturated carbocycles. The summed E-state index contributed by atoms with van der Waals surface area (Å²) in [4.78, 5) is 17.9. The first kappa shape index (κ1) is 20.3. The second-order valence-corrected chi connectivity index (χ2v) is 10.5. The molecule has 5 atom stereocenters. The highest BCUT2D eigenvalue weighted by Crippen LogP contribution is 2.56. The smallest absolute Gasteiger partial charge is 0.310 e. The number of carbonyl (C=O) groups is 1. The molecule has 1 aromatic rings. The SMILES string of the molecule is C=C1CCCC2(C)CC3OC(=O)C(CN4CCN(Cc5ccccc5)CC4)C3CC12. The Bertz CT molecular complexity index is 785. The first-order chi connectivity index (χ1) is 14.5. The molecule has 2 heterocycles. The van der Waals surface area contributed by atoms with E-state index in [-0.39, 0.29) is 23.4 Å². The lowest BCUT2D eigenvalue weighted by Crippen LogP contribution is -2.49. The lowest BCUT2D eigenvalue weighted by molar-refractivity contribution is -0.146. The van der Waals surface area contributed by atoms with Crippen LogP contribution >= 0.6 is 0 Å². The zero-order valence-corrected chi connectivity index (χ0v) is 18.4. The highest BCUT2D eigenvalue weighted by atomic mass is 16.6. The Morgan fingerprint density at radius 3 is 2.63 bits per heavy atom. The van der Waals surface area contributed by atoms with Gasteiger partial charge in [-0.15, -0.1) is 0 Å². The third-order valence-electron chi connectivity index (χ3n) is 8.49. The normalized spacial score (nSPS) is 37.5. The lowest BCUT2D eigenvalue weighted by Gasteiger charge is -2.50. The van der Waals surface area contributed by atoms with Gasteiger partial charge in [0.15, 0.2) is 0 Å². The second-order valence-electron chi connectivity index (χ2n) is 10.5. The van der Waals surface area contributed by atoms with Crippen LogP contribution in [0.1, 0.15) is 44.6 Å². The van der Waals surface area contributed by atoms with Crippen LogP contribution < -0.4 is 0 Å². The highest BCUT2D eigenvalue weighted by Gasteiger charge is 2.55. The molecular formula is C26H36N2O2. The van der Waals surface area contributed by atoms with E-state index >= 15 is 0 Å². The molecule has 5 rings (SSSR count). The van der Waals surface area contributed by atoms with Crippen LogP contribution in [0, 0.1) is 23.2 Å². The maximum Gasteiger partial charge on any atom is 0.310 e. The molecule has 162 valence electrons. The fraction of sp³-hybridized carbons (Fsp3) is 0.654. The van der Waals surface area contributed by atoms with E-state index in [0.717, 1.165) is 52.1 Å². The Morgan fingerprint density at radius 1 is 1.13 bits per heavy atom. The van der Waals surface area contributed by atoms with Gasteiger partial charge in [0.05, 0.1) is 5.92 Å². The molecule has 2 aliphatic carbocycles. The molecule has 0 N–H and O–H groups in total. The fourth-order valence-electron chi connectivity index (χ4n) is 6.71. The van der Waals surface area contributed by atoms with Crippen molar-refractivity contribution in [1.29, 1.82) is 0 Å². The minimum absolute atomic E-state index is 0.0509. The van der Waals surface area contributed by atoms with Gasteiger partial charge in [0.1, 0.15) is 6.10 Å². The van der Waals surface area contributed by atoms with Gasteiger partial charge in [0.25, 0.3) is 0 Å². The van der Waals surface area contributed by atoms with Gasteiger partial charge in [0, 0.05) is 45.2 Å². The van der Waals surface area contributed by atoms with Crippen molar-refractivity contribution in [3.63, 3.8) is 0 Å². The van der Waals surface area contributed by atoms with Crippen molar-refractivity contribution < 1.29 is 9.53 Å². The van der Waals surface area contributed by atoms with Crippen molar-refractivity contribution in [3.8, 4) is 0 Å². The minimum atomic E-state index is 0.0509. The average molecular weight is 409 g/mol. The molecule has 0 spiro atoms. The summed E-state index contributed by atoms with van der Waals surface area (Å²) in [5, 5.41) is 0. The van der Waals surface area contributed by atoms with E-state index in [1.165, 1.54) is 30.4 Å². The van der Waals surface area contributed by atoms with Gasteiger partial charge in [-0.3, -0.25) is 14.6 Å². The molecule has 2 saturated heterocycles. The summed E-state index contributed by atoms with van der Waals surface area (Å²) in [5.74, 6) is 1.07. The number of allylic oxidation sites excluding steroid dienone is 1. The van der Waals surface area contributed by atoms with Crippen LogP contribution in [0.2, 0.25) is 0 Å². The first-order valence-corrected chi connectivity index (χ1v) is 11.9. The molecule has 4 aliphatic rings. The van der Waals surface area contributed by atoms with Gasteiger partial charge in [-0.25, -0.2) is 0 Å². The average Bonchev–Trinajstić information content (AvgIpc) is 3.02. The Morgan fingerprint density at radius 2 is 1.87 bits per heavy atom. The standard InChI is InChI=1S/C26H36N2O2/c1-19-7-6-10-26(2)16-24-21(15-23(19)26)22(25(29)30-24)18-28-13-11-27(12-14-28)17-20-8-4-3-5-9-20/h3-5,8-9,21-24H,1,6-7,10-18H2,2H3. The van der Waals surface area contributed by atoms with Crippen LogP contribution in [0.5, 0.6) is 0 Å². The van der Waals surface area contributed by atoms with Gasteiger partial charge in [0.2, 0.25) is 0 Å². The number of piperazine rings is 1. The largest absolute Gasteiger partial charge is 0.462 e. The van der Waals surface area contributed by atoms with E-state index < -0.39 is 0 Å². The lowest BCUT2D eigenvalue weighted by atomic mass is 9.55. The summed E-state index contributed by atoms with van der Waals surface area (Å²) in [6, 6.07) is 10.7. The van der Waals surface area contributed by atoms with Crippen molar-refractivity contribution >= 4 is 5.97 Å². The van der Waals surface area contributed by atoms with E-state index in [4.69, 9.17) is 4.74 Å². The summed E-state index contributed by atoms with van der Waals surface area (Å²) in [6.07, 6.45) is 5.94. The van der Waals surface area contributed by atoms with Crippen molar-refractivity contribution in [2.24, 2.45) is 23.2 Å². The van der Waals surface area contributed by atoms with Crippen molar-refractivity contribution in [3.05, 3.63) is 48.0 Å². The van der Waals surface area contributed by atoms with Gasteiger partial charge in [-0.05, 0) is 49.0 Å². The molecule has 1 aromatic carbocycles. The molecule has 0 radical (unpaired) electrons. The van der Waals surface area contributed by atoms with E-state index in [1.54, 1.807) is 0 Å². The number of fused-ring (bicyclic) bond motifs is 2. The van der Waals surface area contributed by atoms with E-state index in [0.29, 0.717) is 11.8 Å². The van der Waals surface area contributed by atoms with Gasteiger partial charge in [-0.1, -0.05) is 49.4 Å². The molecule has 0 bridgehead atoms. The van der Waals surface area contributed by atoms with Crippen LogP contribution in [0.3, 0.4) is 0 Å². The van der Waals surface area contributed by atoms with Gasteiger partial charge >= 0.3 is 5.97 Å². The van der Waals surface area contributed by atoms with Crippen molar-refractivity contribution in [2.75, 3.05) is 32.7 Å². The topological polar surface area (TPSA) is 32.8 Å². The predicted octanol–water partition coefficient (Wildman–Crippen LogP) is 4.12. The van der Waals surface area contributed by atoms with Crippen molar-refractivity contribution in [2.45, 2.75) is 51.7 Å². The summed E-state index contributed by atoms with van der Waals surface area (Å²) < 4.78 is 5.96. The summed E-state index contributed by atoms with van der Waals surface area (Å²) in [5.41, 5.74) is 3.09. The Kier molecular flexibility index (Phi) is 5.49. The summed E-state index contributed by atoms with van der Waals surface area (Å²) in [7, 11) is 0. The molecule has 5 unspecified atom stereocenters. The number of rotatable bonds is 4. The quantitative estimate of drug-likeness (QED) is 0.554. The van der Waals surface area contributed by atoms with Crippen LogP contribution in [-0.2, 0) is 16.1 Å². The van der Waals surface area contributed by atoms with Crippen LogP contribution in [0.25, 0.3) is 0 Å². The van der Waals surface area contributed by atoms with Crippen LogP contribution in [0.4, 0.5) is 0 Å². The van der Waals surface area contributed by atoms with Gasteiger partial charge < -0.3 is 4.74 Å². The fourth-order valence-corrected chi connectivity index (χ4v) is 6.71. The Labute approximate surface area is 181 Å². The number of ether oxygens (including phenoxy) is 1. The summed E-state index contributed by atoms with van der Waals surface area (Å²) in [6.45, 7) is 12.9. The zero-order valence-electron chi connectivity index (χ0n) is 18.4. The Balaban J connectivity index is 1.19. The molecule has 4 fully saturated rings. The number of benzene rings is 1. The highest BCUT2D eigenvalue weighted by molar-refractivity contribution is 5.75. The molecule has 0 aromatic heterocycles. The van der Waals surface area contributed by atoms with Crippen molar-refractivity contribution in [1.82, 2.24) is 9.80 Å². The van der Waals surface area contributed by atoms with Crippen LogP contribution in [0.15, 0.2) is 42.5 Å².